The zero-order valence-corrected chi connectivity index (χ0v) is 35.7. The number of carboxylic acids is 1. The van der Waals surface area contributed by atoms with Gasteiger partial charge >= 0.3 is 11.9 Å². The van der Waals surface area contributed by atoms with Crippen LogP contribution in [-0.2, 0) is 30.5 Å². The average molecular weight is 780 g/mol. The number of ether oxygens (including phenoxy) is 1. The number of carboxylic acid groups (broad SMARTS) is 1. The fraction of sp³-hybridized carbons (Fsp3) is 0.739. The fourth-order valence-electron chi connectivity index (χ4n) is 13.3. The van der Waals surface area contributed by atoms with Gasteiger partial charge < -0.3 is 20.1 Å². The summed E-state index contributed by atoms with van der Waals surface area (Å²) in [6, 6.07) is 7.73. The number of hydrogen-bond acceptors (Lipinski definition) is 6. The standard InChI is InChI=1S/C46H67ClN2O6/c1-28(2)39-33(50)24-46(22-23-49(37(51)26-48-9)27-29-10-12-30(47)13-11-29)21-16-32-31(40(39)46)14-15-35-44(32,7)19-17-34-43(5,6)36(18-20-45(34,35)8)55-38(52)25-42(3,4)41(53)54/h10-13,28,31-32,34-36,48H,14-27H2,1-9H3,(H,53,54). The first kappa shape index (κ1) is 41.9. The van der Waals surface area contributed by atoms with Gasteiger partial charge in [-0.1, -0.05) is 70.8 Å². The number of amides is 1. The van der Waals surface area contributed by atoms with E-state index in [9.17, 15) is 24.3 Å². The van der Waals surface area contributed by atoms with Gasteiger partial charge in [-0.2, -0.15) is 0 Å². The molecule has 8 nitrogen and oxygen atoms in total. The van der Waals surface area contributed by atoms with Crippen molar-refractivity contribution < 1.29 is 29.0 Å². The van der Waals surface area contributed by atoms with Crippen LogP contribution >= 0.6 is 11.6 Å². The molecule has 4 saturated carbocycles. The highest BCUT2D eigenvalue weighted by molar-refractivity contribution is 6.30. The van der Waals surface area contributed by atoms with E-state index in [0.717, 1.165) is 68.9 Å². The second-order valence-electron chi connectivity index (χ2n) is 20.3. The number of carbonyl (C=O) groups is 4. The van der Waals surface area contributed by atoms with Crippen LogP contribution in [0.2, 0.25) is 5.02 Å². The van der Waals surface area contributed by atoms with Crippen molar-refractivity contribution in [1.82, 2.24) is 10.2 Å². The van der Waals surface area contributed by atoms with Gasteiger partial charge in [0.2, 0.25) is 5.91 Å². The van der Waals surface area contributed by atoms with E-state index in [-0.39, 0.29) is 52.6 Å². The van der Waals surface area contributed by atoms with Gasteiger partial charge in [-0.05, 0) is 142 Å². The molecule has 6 rings (SSSR count). The van der Waals surface area contributed by atoms with Crippen molar-refractivity contribution in [3.63, 3.8) is 0 Å². The quantitative estimate of drug-likeness (QED) is 0.204. The largest absolute Gasteiger partial charge is 0.481 e. The Morgan fingerprint density at radius 1 is 0.964 bits per heavy atom. The van der Waals surface area contributed by atoms with Crippen LogP contribution in [0.25, 0.3) is 0 Å². The number of hydrogen-bond donors (Lipinski definition) is 2. The molecule has 0 saturated heterocycles. The molecule has 8 unspecified atom stereocenters. The predicted octanol–water partition coefficient (Wildman–Crippen LogP) is 9.28. The number of nitrogens with one attached hydrogen (secondary N) is 1. The molecule has 1 aromatic carbocycles. The number of Topliss-reactive ketones (excluding diaryl/α,β-unsaturated/α-hetero) is 1. The van der Waals surface area contributed by atoms with Crippen LogP contribution in [-0.4, -0.2) is 59.9 Å². The minimum atomic E-state index is -1.16. The number of halogens is 1. The molecular weight excluding hydrogens is 712 g/mol. The molecule has 0 heterocycles. The maximum absolute atomic E-state index is 14.1. The number of benzene rings is 1. The van der Waals surface area contributed by atoms with Crippen molar-refractivity contribution in [3.05, 3.63) is 46.0 Å². The van der Waals surface area contributed by atoms with E-state index in [2.05, 4.69) is 46.9 Å². The number of carbonyl (C=O) groups excluding carboxylic acids is 3. The highest BCUT2D eigenvalue weighted by atomic mass is 35.5. The maximum Gasteiger partial charge on any atom is 0.309 e. The average Bonchev–Trinajstić information content (AvgIpc) is 3.41. The fourth-order valence-corrected chi connectivity index (χ4v) is 13.4. The molecule has 4 fully saturated rings. The van der Waals surface area contributed by atoms with Gasteiger partial charge in [0.1, 0.15) is 6.10 Å². The molecule has 1 aromatic rings. The Morgan fingerprint density at radius 3 is 2.27 bits per heavy atom. The summed E-state index contributed by atoms with van der Waals surface area (Å²) in [5.74, 6) is 0.936. The van der Waals surface area contributed by atoms with Gasteiger partial charge in [0.15, 0.2) is 5.78 Å². The van der Waals surface area contributed by atoms with Crippen LogP contribution in [0.15, 0.2) is 35.4 Å². The predicted molar refractivity (Wildman–Crippen MR) is 216 cm³/mol. The van der Waals surface area contributed by atoms with Gasteiger partial charge in [0, 0.05) is 35.4 Å². The van der Waals surface area contributed by atoms with Crippen molar-refractivity contribution in [2.45, 2.75) is 139 Å². The van der Waals surface area contributed by atoms with E-state index in [0.29, 0.717) is 54.0 Å². The normalized spacial score (nSPS) is 34.0. The van der Waals surface area contributed by atoms with E-state index in [1.54, 1.807) is 13.8 Å². The lowest BCUT2D eigenvalue weighted by molar-refractivity contribution is -0.214. The molecule has 9 heteroatoms. The zero-order chi connectivity index (χ0) is 40.3. The van der Waals surface area contributed by atoms with E-state index in [4.69, 9.17) is 16.3 Å². The summed E-state index contributed by atoms with van der Waals surface area (Å²) < 4.78 is 6.17. The molecule has 304 valence electrons. The Balaban J connectivity index is 1.24. The molecule has 1 amide bonds. The summed E-state index contributed by atoms with van der Waals surface area (Å²) in [7, 11) is 1.81. The smallest absolute Gasteiger partial charge is 0.309 e. The summed E-state index contributed by atoms with van der Waals surface area (Å²) in [5, 5.41) is 13.3. The van der Waals surface area contributed by atoms with Crippen LogP contribution < -0.4 is 5.32 Å². The molecule has 55 heavy (non-hydrogen) atoms. The Morgan fingerprint density at radius 2 is 1.64 bits per heavy atom. The third kappa shape index (κ3) is 7.45. The third-order valence-electron chi connectivity index (χ3n) is 15.9. The lowest BCUT2D eigenvalue weighted by atomic mass is 9.36. The molecule has 2 N–H and O–H groups in total. The molecule has 0 bridgehead atoms. The number of nitrogens with zero attached hydrogens (tertiary/aromatic N) is 1. The number of rotatable bonds is 12. The summed E-state index contributed by atoms with van der Waals surface area (Å²) in [5.41, 5.74) is 2.20. The second kappa shape index (κ2) is 15.2. The van der Waals surface area contributed by atoms with Crippen LogP contribution in [0.4, 0.5) is 0 Å². The van der Waals surface area contributed by atoms with Gasteiger partial charge in [-0.15, -0.1) is 0 Å². The number of likely N-dealkylation sites (N-methyl/N-ethyl adjacent to an activating group) is 1. The highest BCUT2D eigenvalue weighted by Gasteiger charge is 2.66. The SMILES string of the molecule is CNCC(=O)N(CCC12CCC3C(CCC4C3(C)CCC3C(C)(C)C(OC(=O)CC(C)(C)C(=O)O)CCC34C)C1=C(C(C)C)C(=O)C2)Cc1ccc(Cl)cc1. The first-order valence-corrected chi connectivity index (χ1v) is 21.5. The molecule has 0 aromatic heterocycles. The Hall–Kier alpha value is -2.71. The van der Waals surface area contributed by atoms with E-state index in [1.165, 1.54) is 5.57 Å². The van der Waals surface area contributed by atoms with Crippen LogP contribution in [0.5, 0.6) is 0 Å². The lowest BCUT2D eigenvalue weighted by Crippen LogP contribution is -2.63. The molecular formula is C46H67ClN2O6. The minimum absolute atomic E-state index is 0.0657. The Bertz CT molecular complexity index is 1700. The molecule has 8 atom stereocenters. The van der Waals surface area contributed by atoms with Gasteiger partial charge in [0.05, 0.1) is 18.4 Å². The topological polar surface area (TPSA) is 113 Å². The van der Waals surface area contributed by atoms with Crippen LogP contribution in [0.3, 0.4) is 0 Å². The van der Waals surface area contributed by atoms with Gasteiger partial charge in [-0.3, -0.25) is 19.2 Å². The zero-order valence-electron chi connectivity index (χ0n) is 35.0. The number of ketones is 1. The van der Waals surface area contributed by atoms with Gasteiger partial charge in [0.25, 0.3) is 0 Å². The van der Waals surface area contributed by atoms with E-state index >= 15 is 0 Å². The van der Waals surface area contributed by atoms with Crippen molar-refractivity contribution in [2.75, 3.05) is 20.1 Å². The molecule has 0 radical (unpaired) electrons. The number of aliphatic carboxylic acids is 1. The van der Waals surface area contributed by atoms with E-state index in [1.807, 2.05) is 36.2 Å². The van der Waals surface area contributed by atoms with Crippen molar-refractivity contribution in [2.24, 2.45) is 56.7 Å². The highest BCUT2D eigenvalue weighted by Crippen LogP contribution is 2.73. The molecule has 0 aliphatic heterocycles. The lowest BCUT2D eigenvalue weighted by Gasteiger charge is -2.69. The monoisotopic (exact) mass is 778 g/mol. The third-order valence-corrected chi connectivity index (χ3v) is 16.2. The first-order chi connectivity index (χ1) is 25.7. The molecule has 5 aliphatic rings. The second-order valence-corrected chi connectivity index (χ2v) is 20.7. The number of fused-ring (bicyclic) bond motifs is 7. The summed E-state index contributed by atoms with van der Waals surface area (Å²) in [4.78, 5) is 54.5. The number of esters is 1. The first-order valence-electron chi connectivity index (χ1n) is 21.1. The van der Waals surface area contributed by atoms with Crippen molar-refractivity contribution >= 4 is 35.2 Å². The van der Waals surface area contributed by atoms with Crippen LogP contribution in [0, 0.1) is 56.7 Å². The summed E-state index contributed by atoms with van der Waals surface area (Å²) >= 11 is 6.19. The van der Waals surface area contributed by atoms with E-state index < -0.39 is 17.4 Å². The van der Waals surface area contributed by atoms with Gasteiger partial charge in [-0.25, -0.2) is 0 Å². The minimum Gasteiger partial charge on any atom is -0.481 e. The number of allylic oxidation sites excluding steroid dienone is 2. The Labute approximate surface area is 334 Å². The summed E-state index contributed by atoms with van der Waals surface area (Å²) in [6.45, 7) is 18.6. The van der Waals surface area contributed by atoms with Crippen LogP contribution in [0.1, 0.15) is 132 Å². The molecule has 5 aliphatic carbocycles. The Kier molecular flexibility index (Phi) is 11.6. The maximum atomic E-state index is 14.1. The summed E-state index contributed by atoms with van der Waals surface area (Å²) in [6.07, 6.45) is 9.27. The van der Waals surface area contributed by atoms with Crippen molar-refractivity contribution in [3.8, 4) is 0 Å². The van der Waals surface area contributed by atoms with Crippen molar-refractivity contribution in [1.29, 1.82) is 0 Å². The molecule has 0 spiro atoms.